The van der Waals surface area contributed by atoms with Crippen molar-refractivity contribution in [2.24, 2.45) is 5.73 Å². The summed E-state index contributed by atoms with van der Waals surface area (Å²) in [6.45, 7) is 0. The lowest BCUT2D eigenvalue weighted by molar-refractivity contribution is -0.117. The summed E-state index contributed by atoms with van der Waals surface area (Å²) >= 11 is 1.67. The first-order valence-electron chi connectivity index (χ1n) is 7.68. The Morgan fingerprint density at radius 3 is 2.67 bits per heavy atom. The SMILES string of the molecule is CSCC[C@H](N)C(=O)Nc1cccc(CS(=O)c2ccccc2)c1. The van der Waals surface area contributed by atoms with Crippen molar-refractivity contribution in [3.05, 3.63) is 60.2 Å². The third kappa shape index (κ3) is 5.78. The highest BCUT2D eigenvalue weighted by atomic mass is 32.2. The van der Waals surface area contributed by atoms with Crippen LogP contribution in [0, 0.1) is 0 Å². The summed E-state index contributed by atoms with van der Waals surface area (Å²) in [5.74, 6) is 1.07. The first-order valence-corrected chi connectivity index (χ1v) is 10.4. The molecule has 24 heavy (non-hydrogen) atoms. The minimum atomic E-state index is -1.11. The van der Waals surface area contributed by atoms with Crippen LogP contribution in [0.5, 0.6) is 0 Å². The van der Waals surface area contributed by atoms with E-state index < -0.39 is 16.8 Å². The van der Waals surface area contributed by atoms with Crippen LogP contribution in [0.25, 0.3) is 0 Å². The van der Waals surface area contributed by atoms with Crippen molar-refractivity contribution in [3.63, 3.8) is 0 Å². The van der Waals surface area contributed by atoms with Crippen LogP contribution in [-0.4, -0.2) is 28.2 Å². The molecule has 0 aliphatic carbocycles. The average Bonchev–Trinajstić information content (AvgIpc) is 2.60. The van der Waals surface area contributed by atoms with Gasteiger partial charge in [0.1, 0.15) is 0 Å². The van der Waals surface area contributed by atoms with Crippen molar-refractivity contribution in [2.75, 3.05) is 17.3 Å². The molecule has 0 saturated heterocycles. The van der Waals surface area contributed by atoms with Gasteiger partial charge in [0.15, 0.2) is 0 Å². The van der Waals surface area contributed by atoms with E-state index in [4.69, 9.17) is 5.73 Å². The van der Waals surface area contributed by atoms with Crippen molar-refractivity contribution >= 4 is 34.2 Å². The van der Waals surface area contributed by atoms with E-state index in [1.54, 1.807) is 11.8 Å². The van der Waals surface area contributed by atoms with Crippen LogP contribution in [-0.2, 0) is 21.3 Å². The third-order valence-electron chi connectivity index (χ3n) is 3.47. The number of hydrogen-bond acceptors (Lipinski definition) is 4. The molecule has 0 aromatic heterocycles. The van der Waals surface area contributed by atoms with Gasteiger partial charge in [-0.15, -0.1) is 0 Å². The number of nitrogens with two attached hydrogens (primary N) is 1. The first-order chi connectivity index (χ1) is 11.6. The van der Waals surface area contributed by atoms with Gasteiger partial charge in [0.2, 0.25) is 5.91 Å². The van der Waals surface area contributed by atoms with Crippen LogP contribution in [0.4, 0.5) is 5.69 Å². The smallest absolute Gasteiger partial charge is 0.241 e. The number of carbonyl (C=O) groups excluding carboxylic acids is 1. The lowest BCUT2D eigenvalue weighted by atomic mass is 10.2. The molecule has 128 valence electrons. The van der Waals surface area contributed by atoms with Gasteiger partial charge in [-0.2, -0.15) is 11.8 Å². The summed E-state index contributed by atoms with van der Waals surface area (Å²) < 4.78 is 12.4. The molecule has 2 rings (SSSR count). The minimum absolute atomic E-state index is 0.189. The topological polar surface area (TPSA) is 72.2 Å². The van der Waals surface area contributed by atoms with Gasteiger partial charge in [0.05, 0.1) is 22.6 Å². The number of thioether (sulfide) groups is 1. The summed E-state index contributed by atoms with van der Waals surface area (Å²) in [6.07, 6.45) is 2.63. The monoisotopic (exact) mass is 362 g/mol. The molecule has 0 spiro atoms. The van der Waals surface area contributed by atoms with E-state index in [9.17, 15) is 9.00 Å². The van der Waals surface area contributed by atoms with E-state index in [2.05, 4.69) is 5.32 Å². The first kappa shape index (κ1) is 18.7. The molecule has 3 N–H and O–H groups in total. The van der Waals surface area contributed by atoms with Gasteiger partial charge in [-0.25, -0.2) is 0 Å². The van der Waals surface area contributed by atoms with Crippen LogP contribution in [0.1, 0.15) is 12.0 Å². The maximum Gasteiger partial charge on any atom is 0.241 e. The van der Waals surface area contributed by atoms with Gasteiger partial charge in [-0.05, 0) is 48.3 Å². The van der Waals surface area contributed by atoms with Gasteiger partial charge < -0.3 is 11.1 Å². The molecule has 2 aromatic rings. The van der Waals surface area contributed by atoms with Crippen molar-refractivity contribution in [2.45, 2.75) is 23.1 Å². The summed E-state index contributed by atoms with van der Waals surface area (Å²) in [7, 11) is -1.11. The highest BCUT2D eigenvalue weighted by Gasteiger charge is 2.13. The lowest BCUT2D eigenvalue weighted by Crippen LogP contribution is -2.36. The molecule has 0 aliphatic rings. The van der Waals surface area contributed by atoms with Gasteiger partial charge in [-0.1, -0.05) is 30.3 Å². The molecule has 2 atom stereocenters. The lowest BCUT2D eigenvalue weighted by Gasteiger charge is -2.12. The van der Waals surface area contributed by atoms with E-state index in [1.165, 1.54) is 0 Å². The Morgan fingerprint density at radius 2 is 1.96 bits per heavy atom. The molecular formula is C18H22N2O2S2. The van der Waals surface area contributed by atoms with Crippen LogP contribution >= 0.6 is 11.8 Å². The van der Waals surface area contributed by atoms with Crippen molar-refractivity contribution in [3.8, 4) is 0 Å². The minimum Gasteiger partial charge on any atom is -0.325 e. The Balaban J connectivity index is 1.98. The van der Waals surface area contributed by atoms with Crippen molar-refractivity contribution < 1.29 is 9.00 Å². The van der Waals surface area contributed by atoms with Gasteiger partial charge in [-0.3, -0.25) is 9.00 Å². The van der Waals surface area contributed by atoms with Crippen LogP contribution in [0.15, 0.2) is 59.5 Å². The van der Waals surface area contributed by atoms with Gasteiger partial charge >= 0.3 is 0 Å². The quantitative estimate of drug-likeness (QED) is 0.757. The fourth-order valence-corrected chi connectivity index (χ4v) is 3.76. The van der Waals surface area contributed by atoms with Crippen LogP contribution in [0.3, 0.4) is 0 Å². The Labute approximate surface area is 149 Å². The second-order valence-electron chi connectivity index (χ2n) is 5.38. The van der Waals surface area contributed by atoms with E-state index in [0.29, 0.717) is 17.9 Å². The number of nitrogens with one attached hydrogen (secondary N) is 1. The van der Waals surface area contributed by atoms with Gasteiger partial charge in [0, 0.05) is 10.6 Å². The average molecular weight is 363 g/mol. The maximum absolute atomic E-state index is 12.4. The fraction of sp³-hybridized carbons (Fsp3) is 0.278. The number of anilines is 1. The molecule has 1 amide bonds. The Kier molecular flexibility index (Phi) is 7.49. The van der Waals surface area contributed by atoms with Crippen molar-refractivity contribution in [1.29, 1.82) is 0 Å². The molecule has 1 unspecified atom stereocenters. The Morgan fingerprint density at radius 1 is 1.21 bits per heavy atom. The molecule has 0 saturated carbocycles. The summed E-state index contributed by atoms with van der Waals surface area (Å²) in [5, 5.41) is 2.83. The Bertz CT molecular complexity index is 692. The molecule has 0 bridgehead atoms. The number of carbonyl (C=O) groups is 1. The number of benzene rings is 2. The normalized spacial score (nSPS) is 13.2. The summed E-state index contributed by atoms with van der Waals surface area (Å²) in [5.41, 5.74) is 7.46. The van der Waals surface area contributed by atoms with E-state index >= 15 is 0 Å². The largest absolute Gasteiger partial charge is 0.325 e. The Hall–Kier alpha value is -1.63. The molecule has 0 aliphatic heterocycles. The van der Waals surface area contributed by atoms with E-state index in [-0.39, 0.29) is 5.91 Å². The summed E-state index contributed by atoms with van der Waals surface area (Å²) in [6, 6.07) is 16.3. The summed E-state index contributed by atoms with van der Waals surface area (Å²) in [4.78, 5) is 12.9. The molecular weight excluding hydrogens is 340 g/mol. The number of rotatable bonds is 8. The second kappa shape index (κ2) is 9.61. The van der Waals surface area contributed by atoms with Crippen LogP contribution in [0.2, 0.25) is 0 Å². The maximum atomic E-state index is 12.4. The zero-order valence-electron chi connectivity index (χ0n) is 13.6. The van der Waals surface area contributed by atoms with Gasteiger partial charge in [0.25, 0.3) is 0 Å². The van der Waals surface area contributed by atoms with Crippen LogP contribution < -0.4 is 11.1 Å². The highest BCUT2D eigenvalue weighted by Crippen LogP contribution is 2.16. The van der Waals surface area contributed by atoms with E-state index in [1.807, 2.05) is 60.9 Å². The third-order valence-corrected chi connectivity index (χ3v) is 5.51. The second-order valence-corrected chi connectivity index (χ2v) is 7.82. The molecule has 0 radical (unpaired) electrons. The molecule has 4 nitrogen and oxygen atoms in total. The standard InChI is InChI=1S/C18H22N2O2S2/c1-23-11-10-17(19)18(21)20-15-7-5-6-14(12-15)13-24(22)16-8-3-2-4-9-16/h2-9,12,17H,10-11,13,19H2,1H3,(H,20,21)/t17-,24?/m0/s1. The highest BCUT2D eigenvalue weighted by molar-refractivity contribution is 7.98. The zero-order chi connectivity index (χ0) is 17.4. The van der Waals surface area contributed by atoms with E-state index in [0.717, 1.165) is 16.2 Å². The zero-order valence-corrected chi connectivity index (χ0v) is 15.2. The number of hydrogen-bond donors (Lipinski definition) is 2. The molecule has 0 fully saturated rings. The molecule has 2 aromatic carbocycles. The number of amides is 1. The molecule has 6 heteroatoms. The van der Waals surface area contributed by atoms with Crippen molar-refractivity contribution in [1.82, 2.24) is 0 Å². The predicted molar refractivity (Wildman–Crippen MR) is 103 cm³/mol. The predicted octanol–water partition coefficient (Wildman–Crippen LogP) is 3.01. The fourth-order valence-electron chi connectivity index (χ4n) is 2.16. The molecule has 0 heterocycles.